The molecule has 0 bridgehead atoms. The van der Waals surface area contributed by atoms with Gasteiger partial charge in [-0.3, -0.25) is 4.57 Å². The van der Waals surface area contributed by atoms with Gasteiger partial charge in [-0.05, 0) is 0 Å². The Hall–Kier alpha value is 1.31. The lowest BCUT2D eigenvalue weighted by atomic mass is 10.6. The second kappa shape index (κ2) is 9.35. The normalized spacial score (nSPS) is 15.5. The standard InChI is InChI=1S/C7H14Cl4NO2P/c8-1-4-12(5-2-9)15(13,7-11)14-6-3-10/h1-7H2/t15-/m0/s1. The second-order valence-electron chi connectivity index (χ2n) is 2.61. The Balaban J connectivity index is 4.46. The first-order valence-electron chi connectivity index (χ1n) is 4.37. The quantitative estimate of drug-likeness (QED) is 0.482. The van der Waals surface area contributed by atoms with E-state index in [2.05, 4.69) is 0 Å². The Bertz CT molecular complexity index is 201. The van der Waals surface area contributed by atoms with E-state index in [0.717, 1.165) is 0 Å². The minimum atomic E-state index is -3.01. The van der Waals surface area contributed by atoms with Gasteiger partial charge in [0.05, 0.1) is 6.61 Å². The third-order valence-electron chi connectivity index (χ3n) is 1.64. The average Bonchev–Trinajstić information content (AvgIpc) is 2.25. The molecule has 1 atom stereocenters. The average molecular weight is 317 g/mol. The number of halogens is 4. The maximum Gasteiger partial charge on any atom is 0.287 e. The molecule has 0 aliphatic rings. The van der Waals surface area contributed by atoms with Crippen molar-refractivity contribution in [1.29, 1.82) is 0 Å². The molecule has 0 aliphatic heterocycles. The molecule has 0 fully saturated rings. The molecular formula is C7H14Cl4NO2P. The maximum absolute atomic E-state index is 12.2. The van der Waals surface area contributed by atoms with Crippen molar-refractivity contribution in [1.82, 2.24) is 4.67 Å². The fraction of sp³-hybridized carbons (Fsp3) is 1.00. The van der Waals surface area contributed by atoms with Gasteiger partial charge in [0.1, 0.15) is 5.62 Å². The van der Waals surface area contributed by atoms with E-state index < -0.39 is 7.52 Å². The lowest BCUT2D eigenvalue weighted by Gasteiger charge is -2.28. The van der Waals surface area contributed by atoms with E-state index in [4.69, 9.17) is 50.9 Å². The molecule has 92 valence electrons. The summed E-state index contributed by atoms with van der Waals surface area (Å²) in [6.07, 6.45) is 0. The number of nitrogens with zero attached hydrogens (tertiary/aromatic N) is 1. The van der Waals surface area contributed by atoms with Crippen molar-refractivity contribution in [2.24, 2.45) is 0 Å². The van der Waals surface area contributed by atoms with E-state index in [1.807, 2.05) is 0 Å². The van der Waals surface area contributed by atoms with Gasteiger partial charge in [0.2, 0.25) is 0 Å². The Morgan fingerprint density at radius 2 is 1.53 bits per heavy atom. The van der Waals surface area contributed by atoms with Crippen molar-refractivity contribution in [3.63, 3.8) is 0 Å². The summed E-state index contributed by atoms with van der Waals surface area (Å²) in [5, 5.41) is 0. The molecule has 8 heteroatoms. The summed E-state index contributed by atoms with van der Waals surface area (Å²) in [4.78, 5) is 0. The molecule has 0 saturated carbocycles. The van der Waals surface area contributed by atoms with Gasteiger partial charge in [-0.2, -0.15) is 0 Å². The molecule has 15 heavy (non-hydrogen) atoms. The van der Waals surface area contributed by atoms with Crippen LogP contribution in [0.15, 0.2) is 0 Å². The van der Waals surface area contributed by atoms with Crippen LogP contribution in [0.4, 0.5) is 0 Å². The zero-order chi connectivity index (χ0) is 11.7. The summed E-state index contributed by atoms with van der Waals surface area (Å²) in [6, 6.07) is 0. The van der Waals surface area contributed by atoms with Crippen LogP contribution >= 0.6 is 53.9 Å². The highest BCUT2D eigenvalue weighted by molar-refractivity contribution is 7.58. The van der Waals surface area contributed by atoms with Gasteiger partial charge in [0.25, 0.3) is 7.52 Å². The fourth-order valence-corrected chi connectivity index (χ4v) is 4.04. The predicted molar refractivity (Wildman–Crippen MR) is 68.0 cm³/mol. The molecule has 0 unspecified atom stereocenters. The Labute approximate surface area is 110 Å². The van der Waals surface area contributed by atoms with Crippen molar-refractivity contribution >= 4 is 53.9 Å². The SMILES string of the molecule is O=[P@@](CCl)(OCCCl)N(CCCl)CCCl. The summed E-state index contributed by atoms with van der Waals surface area (Å²) in [7, 11) is -3.01. The van der Waals surface area contributed by atoms with Gasteiger partial charge in [0, 0.05) is 30.7 Å². The van der Waals surface area contributed by atoms with Crippen LogP contribution in [-0.4, -0.2) is 47.6 Å². The molecule has 0 saturated heterocycles. The summed E-state index contributed by atoms with van der Waals surface area (Å²) < 4.78 is 19.0. The number of hydrogen-bond acceptors (Lipinski definition) is 2. The van der Waals surface area contributed by atoms with Crippen LogP contribution in [0.2, 0.25) is 0 Å². The molecule has 0 rings (SSSR count). The first-order chi connectivity index (χ1) is 7.14. The molecule has 0 aromatic heterocycles. The number of rotatable bonds is 9. The van der Waals surface area contributed by atoms with Gasteiger partial charge < -0.3 is 4.52 Å². The maximum atomic E-state index is 12.2. The van der Waals surface area contributed by atoms with Crippen LogP contribution in [0, 0.1) is 0 Å². The van der Waals surface area contributed by atoms with Crippen molar-refractivity contribution < 1.29 is 9.09 Å². The van der Waals surface area contributed by atoms with E-state index in [0.29, 0.717) is 24.8 Å². The van der Waals surface area contributed by atoms with Gasteiger partial charge >= 0.3 is 0 Å². The monoisotopic (exact) mass is 315 g/mol. The van der Waals surface area contributed by atoms with E-state index in [1.54, 1.807) is 4.67 Å². The van der Waals surface area contributed by atoms with Gasteiger partial charge in [-0.25, -0.2) is 4.67 Å². The van der Waals surface area contributed by atoms with Crippen LogP contribution in [0.25, 0.3) is 0 Å². The van der Waals surface area contributed by atoms with Crippen molar-refractivity contribution in [3.8, 4) is 0 Å². The van der Waals surface area contributed by atoms with Crippen LogP contribution in [-0.2, 0) is 9.09 Å². The lowest BCUT2D eigenvalue weighted by Crippen LogP contribution is -2.27. The van der Waals surface area contributed by atoms with Crippen LogP contribution < -0.4 is 0 Å². The summed E-state index contributed by atoms with van der Waals surface area (Å²) >= 11 is 22.3. The number of alkyl halides is 4. The fourth-order valence-electron chi connectivity index (χ4n) is 0.981. The molecule has 0 aromatic rings. The molecule has 0 spiro atoms. The molecule has 0 N–H and O–H groups in total. The third-order valence-corrected chi connectivity index (χ3v) is 5.19. The molecular weight excluding hydrogens is 303 g/mol. The van der Waals surface area contributed by atoms with Gasteiger partial charge in [0.15, 0.2) is 0 Å². The van der Waals surface area contributed by atoms with E-state index in [-0.39, 0.29) is 18.1 Å². The molecule has 0 heterocycles. The zero-order valence-corrected chi connectivity index (χ0v) is 12.1. The van der Waals surface area contributed by atoms with E-state index >= 15 is 0 Å². The van der Waals surface area contributed by atoms with E-state index in [9.17, 15) is 4.57 Å². The topological polar surface area (TPSA) is 29.5 Å². The highest BCUT2D eigenvalue weighted by Crippen LogP contribution is 2.51. The first kappa shape index (κ1) is 16.3. The van der Waals surface area contributed by atoms with Gasteiger partial charge in [-0.15, -0.1) is 46.4 Å². The molecule has 0 radical (unpaired) electrons. The predicted octanol–water partition coefficient (Wildman–Crippen LogP) is 3.41. The second-order valence-corrected chi connectivity index (χ2v) is 6.80. The smallest absolute Gasteiger partial charge is 0.287 e. The Kier molecular flexibility index (Phi) is 10.2. The first-order valence-corrected chi connectivity index (χ1v) is 8.27. The molecule has 3 nitrogen and oxygen atoms in total. The van der Waals surface area contributed by atoms with Crippen LogP contribution in [0.3, 0.4) is 0 Å². The van der Waals surface area contributed by atoms with Crippen molar-refractivity contribution in [3.05, 3.63) is 0 Å². The third kappa shape index (κ3) is 5.97. The highest BCUT2D eigenvalue weighted by Gasteiger charge is 2.29. The molecule has 0 amide bonds. The summed E-state index contributed by atoms with van der Waals surface area (Å²) in [5.41, 5.74) is -0.0856. The van der Waals surface area contributed by atoms with Gasteiger partial charge in [-0.1, -0.05) is 0 Å². The lowest BCUT2D eigenvalue weighted by molar-refractivity contribution is 0.284. The zero-order valence-electron chi connectivity index (χ0n) is 8.17. The van der Waals surface area contributed by atoms with Crippen LogP contribution in [0.1, 0.15) is 0 Å². The number of hydrogen-bond donors (Lipinski definition) is 0. The van der Waals surface area contributed by atoms with Crippen LogP contribution in [0.5, 0.6) is 0 Å². The highest BCUT2D eigenvalue weighted by atomic mass is 35.5. The van der Waals surface area contributed by atoms with Crippen molar-refractivity contribution in [2.45, 2.75) is 0 Å². The molecule has 0 aliphatic carbocycles. The Morgan fingerprint density at radius 1 is 1.00 bits per heavy atom. The minimum Gasteiger partial charge on any atom is -0.315 e. The largest absolute Gasteiger partial charge is 0.315 e. The summed E-state index contributed by atoms with van der Waals surface area (Å²) in [6.45, 7) is 1.06. The Morgan fingerprint density at radius 3 is 1.87 bits per heavy atom. The minimum absolute atomic E-state index is 0.0856. The van der Waals surface area contributed by atoms with E-state index in [1.165, 1.54) is 0 Å². The van der Waals surface area contributed by atoms with Crippen molar-refractivity contribution in [2.75, 3.05) is 43.0 Å². The molecule has 0 aromatic carbocycles. The summed E-state index contributed by atoms with van der Waals surface area (Å²) in [5.74, 6) is 0.973.